The van der Waals surface area contributed by atoms with Gasteiger partial charge < -0.3 is 10.5 Å². The minimum Gasteiger partial charge on any atom is -0.381 e. The lowest BCUT2D eigenvalue weighted by Gasteiger charge is -2.06. The van der Waals surface area contributed by atoms with Gasteiger partial charge >= 0.3 is 0 Å². The first-order valence-corrected chi connectivity index (χ1v) is 6.90. The van der Waals surface area contributed by atoms with E-state index in [9.17, 15) is 0 Å². The third-order valence-electron chi connectivity index (χ3n) is 3.47. The second kappa shape index (κ2) is 5.17. The van der Waals surface area contributed by atoms with Gasteiger partial charge in [0.1, 0.15) is 5.52 Å². The third kappa shape index (κ3) is 2.87. The number of nitrogen functional groups attached to an aromatic ring is 1. The Balaban J connectivity index is 1.61. The van der Waals surface area contributed by atoms with Crippen LogP contribution in [0.25, 0.3) is 11.2 Å². The molecule has 1 aliphatic rings. The summed E-state index contributed by atoms with van der Waals surface area (Å²) in [6.45, 7) is 4.51. The van der Waals surface area contributed by atoms with Crippen molar-refractivity contribution in [1.82, 2.24) is 14.5 Å². The standard InChI is InChI=1S/C14H20N4O/c1-10-7-12-13(16-8-10)18(14(15)17-12)5-2-6-19-9-11-3-4-11/h7-8,11H,2-6,9H2,1H3,(H2,15,17). The molecule has 3 rings (SSSR count). The van der Waals surface area contributed by atoms with E-state index in [4.69, 9.17) is 10.5 Å². The highest BCUT2D eigenvalue weighted by Crippen LogP contribution is 2.28. The van der Waals surface area contributed by atoms with Crippen molar-refractivity contribution in [3.8, 4) is 0 Å². The van der Waals surface area contributed by atoms with Gasteiger partial charge in [0, 0.05) is 26.0 Å². The fraction of sp³-hybridized carbons (Fsp3) is 0.571. The summed E-state index contributed by atoms with van der Waals surface area (Å²) >= 11 is 0. The first-order valence-electron chi connectivity index (χ1n) is 6.90. The molecule has 5 nitrogen and oxygen atoms in total. The lowest BCUT2D eigenvalue weighted by molar-refractivity contribution is 0.119. The van der Waals surface area contributed by atoms with Gasteiger partial charge in [0.15, 0.2) is 5.65 Å². The predicted molar refractivity (Wildman–Crippen MR) is 74.8 cm³/mol. The van der Waals surface area contributed by atoms with Crippen molar-refractivity contribution < 1.29 is 4.74 Å². The van der Waals surface area contributed by atoms with Gasteiger partial charge in [-0.25, -0.2) is 9.97 Å². The highest BCUT2D eigenvalue weighted by Gasteiger charge is 2.20. The van der Waals surface area contributed by atoms with E-state index >= 15 is 0 Å². The van der Waals surface area contributed by atoms with Crippen LogP contribution in [-0.2, 0) is 11.3 Å². The van der Waals surface area contributed by atoms with Crippen LogP contribution in [0, 0.1) is 12.8 Å². The maximum absolute atomic E-state index is 5.95. The van der Waals surface area contributed by atoms with Crippen molar-refractivity contribution in [1.29, 1.82) is 0 Å². The molecule has 0 spiro atoms. The van der Waals surface area contributed by atoms with Crippen LogP contribution >= 0.6 is 0 Å². The molecule has 2 N–H and O–H groups in total. The van der Waals surface area contributed by atoms with E-state index in [-0.39, 0.29) is 0 Å². The minimum atomic E-state index is 0.537. The third-order valence-corrected chi connectivity index (χ3v) is 3.47. The summed E-state index contributed by atoms with van der Waals surface area (Å²) in [7, 11) is 0. The fourth-order valence-electron chi connectivity index (χ4n) is 2.21. The average Bonchev–Trinajstić information content (AvgIpc) is 3.14. The van der Waals surface area contributed by atoms with Crippen LogP contribution in [0.15, 0.2) is 12.3 Å². The first kappa shape index (κ1) is 12.4. The zero-order valence-corrected chi connectivity index (χ0v) is 11.3. The number of hydrogen-bond acceptors (Lipinski definition) is 4. The number of pyridine rings is 1. The Morgan fingerprint density at radius 1 is 1.47 bits per heavy atom. The normalized spacial score (nSPS) is 15.2. The molecule has 0 aromatic carbocycles. The number of imidazole rings is 1. The van der Waals surface area contributed by atoms with Gasteiger partial charge in [0.25, 0.3) is 0 Å². The molecule has 5 heteroatoms. The van der Waals surface area contributed by atoms with E-state index in [1.54, 1.807) is 0 Å². The number of rotatable bonds is 6. The topological polar surface area (TPSA) is 66.0 Å². The average molecular weight is 260 g/mol. The van der Waals surface area contributed by atoms with E-state index in [0.29, 0.717) is 5.95 Å². The Kier molecular flexibility index (Phi) is 3.38. The van der Waals surface area contributed by atoms with E-state index in [1.807, 2.05) is 23.8 Å². The van der Waals surface area contributed by atoms with E-state index in [1.165, 1.54) is 12.8 Å². The number of aromatic nitrogens is 3. The van der Waals surface area contributed by atoms with E-state index in [2.05, 4.69) is 9.97 Å². The molecular weight excluding hydrogens is 240 g/mol. The highest BCUT2D eigenvalue weighted by molar-refractivity contribution is 5.74. The summed E-state index contributed by atoms with van der Waals surface area (Å²) in [5.74, 6) is 1.36. The van der Waals surface area contributed by atoms with Gasteiger partial charge in [-0.05, 0) is 43.7 Å². The number of anilines is 1. The zero-order chi connectivity index (χ0) is 13.2. The van der Waals surface area contributed by atoms with Crippen molar-refractivity contribution >= 4 is 17.1 Å². The van der Waals surface area contributed by atoms with Crippen molar-refractivity contribution in [2.45, 2.75) is 32.7 Å². The van der Waals surface area contributed by atoms with Crippen LogP contribution in [-0.4, -0.2) is 27.7 Å². The Morgan fingerprint density at radius 2 is 2.32 bits per heavy atom. The van der Waals surface area contributed by atoms with E-state index in [0.717, 1.165) is 48.8 Å². The molecule has 0 radical (unpaired) electrons. The second-order valence-corrected chi connectivity index (χ2v) is 5.35. The Morgan fingerprint density at radius 3 is 3.11 bits per heavy atom. The summed E-state index contributed by atoms with van der Waals surface area (Å²) in [6, 6.07) is 2.01. The molecule has 2 aromatic heterocycles. The fourth-order valence-corrected chi connectivity index (χ4v) is 2.21. The van der Waals surface area contributed by atoms with Crippen molar-refractivity contribution in [3.05, 3.63) is 17.8 Å². The number of nitrogens with zero attached hydrogens (tertiary/aromatic N) is 3. The smallest absolute Gasteiger partial charge is 0.202 e. The zero-order valence-electron chi connectivity index (χ0n) is 11.3. The number of hydrogen-bond donors (Lipinski definition) is 1. The molecule has 0 bridgehead atoms. The largest absolute Gasteiger partial charge is 0.381 e. The number of fused-ring (bicyclic) bond motifs is 1. The Bertz CT molecular complexity index is 574. The second-order valence-electron chi connectivity index (χ2n) is 5.35. The van der Waals surface area contributed by atoms with Gasteiger partial charge in [-0.3, -0.25) is 4.57 Å². The monoisotopic (exact) mass is 260 g/mol. The maximum atomic E-state index is 5.95. The highest BCUT2D eigenvalue weighted by atomic mass is 16.5. The van der Waals surface area contributed by atoms with Gasteiger partial charge in [0.2, 0.25) is 5.95 Å². The predicted octanol–water partition coefficient (Wildman–Crippen LogP) is 2.14. The first-order chi connectivity index (χ1) is 9.24. The quantitative estimate of drug-likeness (QED) is 0.808. The molecule has 1 saturated carbocycles. The van der Waals surface area contributed by atoms with Crippen LogP contribution in [0.4, 0.5) is 5.95 Å². The molecule has 2 heterocycles. The van der Waals surface area contributed by atoms with Gasteiger partial charge in [-0.1, -0.05) is 0 Å². The van der Waals surface area contributed by atoms with Crippen LogP contribution < -0.4 is 5.73 Å². The maximum Gasteiger partial charge on any atom is 0.202 e. The summed E-state index contributed by atoms with van der Waals surface area (Å²) in [5.41, 5.74) is 8.79. The molecule has 0 atom stereocenters. The molecule has 19 heavy (non-hydrogen) atoms. The number of aryl methyl sites for hydroxylation is 2. The molecule has 0 saturated heterocycles. The minimum absolute atomic E-state index is 0.537. The lowest BCUT2D eigenvalue weighted by atomic mass is 10.3. The Labute approximate surface area is 112 Å². The molecular formula is C14H20N4O. The lowest BCUT2D eigenvalue weighted by Crippen LogP contribution is -2.07. The van der Waals surface area contributed by atoms with Gasteiger partial charge in [0.05, 0.1) is 0 Å². The molecule has 0 aliphatic heterocycles. The number of ether oxygens (including phenoxy) is 1. The van der Waals surface area contributed by atoms with Crippen molar-refractivity contribution in [2.24, 2.45) is 5.92 Å². The molecule has 0 amide bonds. The molecule has 1 fully saturated rings. The summed E-state index contributed by atoms with van der Waals surface area (Å²) in [6.07, 6.45) is 5.46. The number of nitrogens with two attached hydrogens (primary N) is 1. The SMILES string of the molecule is Cc1cnc2c(c1)nc(N)n2CCCOCC1CC1. The van der Waals surface area contributed by atoms with Crippen LogP contribution in [0.2, 0.25) is 0 Å². The van der Waals surface area contributed by atoms with Gasteiger partial charge in [-0.15, -0.1) is 0 Å². The van der Waals surface area contributed by atoms with Crippen LogP contribution in [0.5, 0.6) is 0 Å². The summed E-state index contributed by atoms with van der Waals surface area (Å²) in [5, 5.41) is 0. The summed E-state index contributed by atoms with van der Waals surface area (Å²) < 4.78 is 7.60. The molecule has 2 aromatic rings. The molecule has 102 valence electrons. The van der Waals surface area contributed by atoms with Crippen LogP contribution in [0.1, 0.15) is 24.8 Å². The van der Waals surface area contributed by atoms with Crippen molar-refractivity contribution in [3.63, 3.8) is 0 Å². The van der Waals surface area contributed by atoms with Gasteiger partial charge in [-0.2, -0.15) is 0 Å². The Hall–Kier alpha value is -1.62. The molecule has 0 unspecified atom stereocenters. The van der Waals surface area contributed by atoms with Crippen molar-refractivity contribution in [2.75, 3.05) is 18.9 Å². The molecule has 1 aliphatic carbocycles. The van der Waals surface area contributed by atoms with E-state index < -0.39 is 0 Å². The summed E-state index contributed by atoms with van der Waals surface area (Å²) in [4.78, 5) is 8.77. The van der Waals surface area contributed by atoms with Crippen LogP contribution in [0.3, 0.4) is 0 Å².